The van der Waals surface area contributed by atoms with E-state index in [0.29, 0.717) is 30.2 Å². The van der Waals surface area contributed by atoms with Crippen LogP contribution in [0.25, 0.3) is 23.0 Å². The number of carbonyl (C=O) groups excluding carboxylic acids is 1. The van der Waals surface area contributed by atoms with Crippen LogP contribution in [0.3, 0.4) is 0 Å². The normalized spacial score (nSPS) is 13.0. The van der Waals surface area contributed by atoms with Crippen LogP contribution in [-0.2, 0) is 13.1 Å². The number of benzene rings is 1. The minimum atomic E-state index is -0.140. The summed E-state index contributed by atoms with van der Waals surface area (Å²) in [6.07, 6.45) is 5.60. The highest BCUT2D eigenvalue weighted by atomic mass is 16.3. The summed E-state index contributed by atoms with van der Waals surface area (Å²) in [6.45, 7) is 5.08. The summed E-state index contributed by atoms with van der Waals surface area (Å²) in [7, 11) is 0. The number of furan rings is 1. The van der Waals surface area contributed by atoms with Crippen molar-refractivity contribution in [2.24, 2.45) is 0 Å². The third-order valence-corrected chi connectivity index (χ3v) is 6.03. The molecule has 0 aliphatic carbocycles. The van der Waals surface area contributed by atoms with Crippen LogP contribution in [-0.4, -0.2) is 35.4 Å². The molecule has 0 saturated heterocycles. The average Bonchev–Trinajstić information content (AvgIpc) is 3.61. The minimum absolute atomic E-state index is 0.140. The first-order valence-corrected chi connectivity index (χ1v) is 10.8. The second kappa shape index (κ2) is 7.37. The summed E-state index contributed by atoms with van der Waals surface area (Å²) < 4.78 is 9.44. The van der Waals surface area contributed by atoms with E-state index in [9.17, 15) is 4.79 Å². The van der Waals surface area contributed by atoms with Crippen LogP contribution in [0.4, 0.5) is 0 Å². The first-order chi connectivity index (χ1) is 16.1. The Balaban J connectivity index is 1.35. The van der Waals surface area contributed by atoms with Gasteiger partial charge in [0.1, 0.15) is 11.5 Å². The van der Waals surface area contributed by atoms with Crippen molar-refractivity contribution in [3.63, 3.8) is 0 Å². The lowest BCUT2D eigenvalue weighted by Gasteiger charge is -2.17. The minimum Gasteiger partial charge on any atom is -0.463 e. The fraction of sp³-hybridized carbons (Fsp3) is 0.160. The van der Waals surface area contributed by atoms with Gasteiger partial charge in [0.2, 0.25) is 0 Å². The number of nitrogens with one attached hydrogen (secondary N) is 1. The molecular weight excluding hydrogens is 416 g/mol. The largest absolute Gasteiger partial charge is 0.463 e. The third kappa shape index (κ3) is 3.18. The molecule has 1 N–H and O–H groups in total. The molecule has 1 aliphatic heterocycles. The monoisotopic (exact) mass is 438 g/mol. The zero-order valence-corrected chi connectivity index (χ0v) is 18.3. The Kier molecular flexibility index (Phi) is 4.33. The lowest BCUT2D eigenvalue weighted by atomic mass is 10.1. The summed E-state index contributed by atoms with van der Waals surface area (Å²) in [5.41, 5.74) is 6.37. The van der Waals surface area contributed by atoms with Gasteiger partial charge in [0, 0.05) is 24.0 Å². The summed E-state index contributed by atoms with van der Waals surface area (Å²) in [6, 6.07) is 15.7. The number of hydrogen-bond donors (Lipinski definition) is 1. The van der Waals surface area contributed by atoms with Crippen LogP contribution in [0.2, 0.25) is 0 Å². The number of aromatic nitrogens is 5. The predicted molar refractivity (Wildman–Crippen MR) is 122 cm³/mol. The molecule has 1 amide bonds. The molecule has 8 heteroatoms. The van der Waals surface area contributed by atoms with E-state index in [-0.39, 0.29) is 5.91 Å². The summed E-state index contributed by atoms with van der Waals surface area (Å²) in [4.78, 5) is 15.0. The van der Waals surface area contributed by atoms with Crippen molar-refractivity contribution in [1.82, 2.24) is 29.4 Å². The Bertz CT molecular complexity index is 1460. The van der Waals surface area contributed by atoms with E-state index in [1.807, 2.05) is 35.3 Å². The smallest absolute Gasteiger partial charge is 0.275 e. The maximum Gasteiger partial charge on any atom is 0.275 e. The lowest BCUT2D eigenvalue weighted by Crippen LogP contribution is -2.26. The van der Waals surface area contributed by atoms with Crippen LogP contribution < -0.4 is 0 Å². The van der Waals surface area contributed by atoms with Gasteiger partial charge in [-0.3, -0.25) is 9.89 Å². The molecule has 5 heterocycles. The quantitative estimate of drug-likeness (QED) is 0.450. The van der Waals surface area contributed by atoms with Crippen LogP contribution in [0.1, 0.15) is 32.9 Å². The van der Waals surface area contributed by atoms with Gasteiger partial charge in [-0.15, -0.1) is 0 Å². The molecule has 0 bridgehead atoms. The van der Waals surface area contributed by atoms with E-state index < -0.39 is 0 Å². The maximum atomic E-state index is 13.2. The molecule has 1 aromatic carbocycles. The van der Waals surface area contributed by atoms with Crippen LogP contribution >= 0.6 is 0 Å². The van der Waals surface area contributed by atoms with Gasteiger partial charge in [0.25, 0.3) is 5.91 Å². The van der Waals surface area contributed by atoms with Gasteiger partial charge in [0.05, 0.1) is 30.7 Å². The summed E-state index contributed by atoms with van der Waals surface area (Å²) in [5.74, 6) is 1.46. The molecule has 0 atom stereocenters. The molecule has 4 aromatic heterocycles. The number of aryl methyl sites for hydroxylation is 2. The summed E-state index contributed by atoms with van der Waals surface area (Å²) >= 11 is 0. The summed E-state index contributed by atoms with van der Waals surface area (Å²) in [5, 5.41) is 12.0. The Labute approximate surface area is 190 Å². The first kappa shape index (κ1) is 19.4. The zero-order chi connectivity index (χ0) is 22.5. The number of carbonyl (C=O) groups is 1. The fourth-order valence-electron chi connectivity index (χ4n) is 4.45. The van der Waals surface area contributed by atoms with Crippen molar-refractivity contribution >= 4 is 5.91 Å². The van der Waals surface area contributed by atoms with Crippen molar-refractivity contribution in [2.75, 3.05) is 0 Å². The Morgan fingerprint density at radius 3 is 2.67 bits per heavy atom. The Hall–Kier alpha value is -4.33. The molecule has 0 spiro atoms. The van der Waals surface area contributed by atoms with Gasteiger partial charge >= 0.3 is 0 Å². The predicted octanol–water partition coefficient (Wildman–Crippen LogP) is 4.42. The van der Waals surface area contributed by atoms with Gasteiger partial charge in [-0.25, -0.2) is 4.68 Å². The molecule has 0 saturated carbocycles. The number of hydrogen-bond acceptors (Lipinski definition) is 4. The van der Waals surface area contributed by atoms with Gasteiger partial charge in [-0.05, 0) is 49.7 Å². The maximum absolute atomic E-state index is 13.2. The molecule has 5 aromatic rings. The zero-order valence-electron chi connectivity index (χ0n) is 18.3. The van der Waals surface area contributed by atoms with Crippen LogP contribution in [0.5, 0.6) is 0 Å². The SMILES string of the molecule is Cc1ccc(-n2nc3c(c2-n2cccc2)CN(C(=O)c2cc(-c4ccco4)[nH]n2)C3)c(C)c1. The molecule has 0 radical (unpaired) electrons. The van der Waals surface area contributed by atoms with Crippen molar-refractivity contribution in [3.8, 4) is 23.0 Å². The standard InChI is InChI=1S/C25H22N6O2/c1-16-7-8-22(17(2)12-16)31-24(29-9-3-4-10-29)18-14-30(15-21(18)28-31)25(32)20-13-19(26-27-20)23-6-5-11-33-23/h3-13H,14-15H2,1-2H3,(H,26,27). The second-order valence-electron chi connectivity index (χ2n) is 8.35. The van der Waals surface area contributed by atoms with E-state index in [0.717, 1.165) is 28.3 Å². The van der Waals surface area contributed by atoms with Crippen molar-refractivity contribution in [1.29, 1.82) is 0 Å². The van der Waals surface area contributed by atoms with Gasteiger partial charge in [0.15, 0.2) is 11.5 Å². The molecule has 1 aliphatic rings. The first-order valence-electron chi connectivity index (χ1n) is 10.8. The second-order valence-corrected chi connectivity index (χ2v) is 8.35. The molecule has 6 rings (SSSR count). The molecule has 164 valence electrons. The fourth-order valence-corrected chi connectivity index (χ4v) is 4.45. The third-order valence-electron chi connectivity index (χ3n) is 6.03. The van der Waals surface area contributed by atoms with E-state index >= 15 is 0 Å². The highest BCUT2D eigenvalue weighted by Crippen LogP contribution is 2.32. The number of aromatic amines is 1. The van der Waals surface area contributed by atoms with Crippen molar-refractivity contribution in [2.45, 2.75) is 26.9 Å². The van der Waals surface area contributed by atoms with Gasteiger partial charge < -0.3 is 13.9 Å². The van der Waals surface area contributed by atoms with Crippen LogP contribution in [0, 0.1) is 13.8 Å². The van der Waals surface area contributed by atoms with E-state index in [1.165, 1.54) is 5.56 Å². The van der Waals surface area contributed by atoms with E-state index in [2.05, 4.69) is 46.8 Å². The molecule has 8 nitrogen and oxygen atoms in total. The highest BCUT2D eigenvalue weighted by molar-refractivity contribution is 5.93. The van der Waals surface area contributed by atoms with E-state index in [1.54, 1.807) is 23.3 Å². The molecule has 33 heavy (non-hydrogen) atoms. The Morgan fingerprint density at radius 1 is 1.06 bits per heavy atom. The lowest BCUT2D eigenvalue weighted by molar-refractivity contribution is 0.0743. The van der Waals surface area contributed by atoms with Gasteiger partial charge in [-0.1, -0.05) is 17.7 Å². The Morgan fingerprint density at radius 2 is 1.91 bits per heavy atom. The van der Waals surface area contributed by atoms with Crippen molar-refractivity contribution in [3.05, 3.63) is 95.3 Å². The number of rotatable bonds is 4. The number of amides is 1. The molecule has 0 fully saturated rings. The number of H-pyrrole nitrogens is 1. The van der Waals surface area contributed by atoms with E-state index in [4.69, 9.17) is 9.52 Å². The van der Waals surface area contributed by atoms with Crippen LogP contribution in [0.15, 0.2) is 71.6 Å². The van der Waals surface area contributed by atoms with Gasteiger partial charge in [-0.2, -0.15) is 10.2 Å². The molecule has 0 unspecified atom stereocenters. The highest BCUT2D eigenvalue weighted by Gasteiger charge is 2.33. The van der Waals surface area contributed by atoms with Crippen molar-refractivity contribution < 1.29 is 9.21 Å². The topological polar surface area (TPSA) is 84.9 Å². The average molecular weight is 438 g/mol. The number of nitrogens with zero attached hydrogens (tertiary/aromatic N) is 5. The number of fused-ring (bicyclic) bond motifs is 1. The molecular formula is C25H22N6O2.